The van der Waals surface area contributed by atoms with Crippen molar-refractivity contribution in [1.29, 1.82) is 0 Å². The third kappa shape index (κ3) is 1.35. The first-order valence-corrected chi connectivity index (χ1v) is 4.85. The molecule has 2 atom stereocenters. The molecule has 2 aliphatic heterocycles. The quantitative estimate of drug-likeness (QED) is 0.391. The number of guanidine groups is 1. The molecule has 2 rings (SSSR count). The molecule has 92 valence electrons. The zero-order chi connectivity index (χ0) is 12.9. The van der Waals surface area contributed by atoms with Crippen molar-refractivity contribution in [3.05, 3.63) is 10.1 Å². The van der Waals surface area contributed by atoms with Crippen molar-refractivity contribution in [2.45, 2.75) is 12.2 Å². The highest BCUT2D eigenvalue weighted by Crippen LogP contribution is 2.25. The summed E-state index contributed by atoms with van der Waals surface area (Å²) < 4.78 is 0. The lowest BCUT2D eigenvalue weighted by Gasteiger charge is -2.35. The number of carbonyl (C=O) groups excluding carboxylic acids is 2. The Balaban J connectivity index is 2.42. The van der Waals surface area contributed by atoms with E-state index in [1.165, 1.54) is 30.9 Å². The standard InChI is InChI=1S/C8H11N5O4/c1-10-4-5(9-7(10)13(16)17)11(2)8(15)12(3)6(4)14/h4-5H,1-3H3. The van der Waals surface area contributed by atoms with Crippen LogP contribution < -0.4 is 0 Å². The molecule has 2 heterocycles. The van der Waals surface area contributed by atoms with Crippen LogP contribution in [0.4, 0.5) is 4.79 Å². The molecule has 2 aliphatic rings. The lowest BCUT2D eigenvalue weighted by atomic mass is 10.1. The SMILES string of the molecule is CN1C(=O)C2C(N=C([N+](=O)[O-])N2C)N(C)C1=O. The van der Waals surface area contributed by atoms with Gasteiger partial charge in [-0.05, 0) is 4.92 Å². The second kappa shape index (κ2) is 3.40. The first kappa shape index (κ1) is 11.3. The van der Waals surface area contributed by atoms with Gasteiger partial charge in [0, 0.05) is 14.1 Å². The summed E-state index contributed by atoms with van der Waals surface area (Å²) in [5.41, 5.74) is 0. The lowest BCUT2D eigenvalue weighted by molar-refractivity contribution is -0.362. The van der Waals surface area contributed by atoms with E-state index in [4.69, 9.17) is 0 Å². The van der Waals surface area contributed by atoms with Gasteiger partial charge < -0.3 is 10.1 Å². The summed E-state index contributed by atoms with van der Waals surface area (Å²) in [6, 6.07) is -1.33. The predicted molar refractivity (Wildman–Crippen MR) is 55.7 cm³/mol. The van der Waals surface area contributed by atoms with E-state index in [1.54, 1.807) is 0 Å². The van der Waals surface area contributed by atoms with Gasteiger partial charge in [-0.15, -0.1) is 0 Å². The Kier molecular flexibility index (Phi) is 2.26. The monoisotopic (exact) mass is 241 g/mol. The Morgan fingerprint density at radius 1 is 1.24 bits per heavy atom. The summed E-state index contributed by atoms with van der Waals surface area (Å²) in [5, 5.41) is 10.7. The van der Waals surface area contributed by atoms with Gasteiger partial charge in [-0.2, -0.15) is 0 Å². The highest BCUT2D eigenvalue weighted by atomic mass is 16.6. The molecule has 9 nitrogen and oxygen atoms in total. The molecule has 0 bridgehead atoms. The number of likely N-dealkylation sites (N-methyl/N-ethyl adjacent to an activating group) is 3. The number of carbonyl (C=O) groups is 2. The summed E-state index contributed by atoms with van der Waals surface area (Å²) in [7, 11) is 4.22. The van der Waals surface area contributed by atoms with Crippen LogP contribution in [0, 0.1) is 10.1 Å². The van der Waals surface area contributed by atoms with Crippen molar-refractivity contribution in [3.8, 4) is 0 Å². The van der Waals surface area contributed by atoms with Gasteiger partial charge in [0.15, 0.2) is 0 Å². The molecule has 0 saturated carbocycles. The van der Waals surface area contributed by atoms with Crippen molar-refractivity contribution in [2.75, 3.05) is 21.1 Å². The molecular weight excluding hydrogens is 230 g/mol. The van der Waals surface area contributed by atoms with E-state index in [9.17, 15) is 19.7 Å². The van der Waals surface area contributed by atoms with E-state index in [2.05, 4.69) is 4.99 Å². The molecule has 0 aromatic rings. The maximum Gasteiger partial charge on any atom is 0.427 e. The van der Waals surface area contributed by atoms with Crippen molar-refractivity contribution in [3.63, 3.8) is 0 Å². The lowest BCUT2D eigenvalue weighted by Crippen LogP contribution is -2.63. The van der Waals surface area contributed by atoms with Crippen LogP contribution >= 0.6 is 0 Å². The Bertz CT molecular complexity index is 447. The third-order valence-electron chi connectivity index (χ3n) is 3.00. The van der Waals surface area contributed by atoms with Crippen LogP contribution in [0.1, 0.15) is 0 Å². The maximum absolute atomic E-state index is 11.9. The fraction of sp³-hybridized carbons (Fsp3) is 0.625. The normalized spacial score (nSPS) is 28.4. The summed E-state index contributed by atoms with van der Waals surface area (Å²) in [5.74, 6) is -0.885. The van der Waals surface area contributed by atoms with Gasteiger partial charge in [0.2, 0.25) is 12.2 Å². The molecule has 2 unspecified atom stereocenters. The summed E-state index contributed by atoms with van der Waals surface area (Å²) in [6.07, 6.45) is -0.823. The van der Waals surface area contributed by atoms with Gasteiger partial charge in [-0.3, -0.25) is 14.6 Å². The minimum Gasteiger partial charge on any atom is -0.390 e. The van der Waals surface area contributed by atoms with Gasteiger partial charge in [-0.1, -0.05) is 4.99 Å². The average molecular weight is 241 g/mol. The average Bonchev–Trinajstić information content (AvgIpc) is 2.62. The zero-order valence-corrected chi connectivity index (χ0v) is 9.52. The molecule has 3 amide bonds. The highest BCUT2D eigenvalue weighted by molar-refractivity contribution is 6.02. The first-order chi connectivity index (χ1) is 7.86. The number of hydrogen-bond donors (Lipinski definition) is 0. The van der Waals surface area contributed by atoms with Crippen molar-refractivity contribution in [2.24, 2.45) is 4.99 Å². The minimum absolute atomic E-state index is 0.400. The largest absolute Gasteiger partial charge is 0.427 e. The number of nitrogens with zero attached hydrogens (tertiary/aromatic N) is 5. The van der Waals surface area contributed by atoms with Crippen LogP contribution in [0.2, 0.25) is 0 Å². The van der Waals surface area contributed by atoms with Gasteiger partial charge in [0.05, 0.1) is 7.05 Å². The molecule has 0 aliphatic carbocycles. The Labute approximate surface area is 96.4 Å². The number of imide groups is 1. The number of nitro groups is 1. The topological polar surface area (TPSA) is 99.4 Å². The van der Waals surface area contributed by atoms with E-state index in [0.717, 1.165) is 4.90 Å². The Morgan fingerprint density at radius 3 is 2.35 bits per heavy atom. The second-order valence-corrected chi connectivity index (χ2v) is 3.95. The molecular formula is C8H11N5O4. The highest BCUT2D eigenvalue weighted by Gasteiger charge is 2.56. The minimum atomic E-state index is -0.823. The first-order valence-electron chi connectivity index (χ1n) is 4.85. The molecule has 0 N–H and O–H groups in total. The van der Waals surface area contributed by atoms with Crippen LogP contribution in [0.3, 0.4) is 0 Å². The molecule has 0 aromatic carbocycles. The smallest absolute Gasteiger partial charge is 0.390 e. The fourth-order valence-electron chi connectivity index (χ4n) is 2.01. The summed E-state index contributed by atoms with van der Waals surface area (Å²) in [4.78, 5) is 40.7. The van der Waals surface area contributed by atoms with Crippen LogP contribution in [-0.4, -0.2) is 70.9 Å². The van der Waals surface area contributed by atoms with Crippen molar-refractivity contribution in [1.82, 2.24) is 14.7 Å². The van der Waals surface area contributed by atoms with Crippen LogP contribution in [-0.2, 0) is 4.79 Å². The molecule has 17 heavy (non-hydrogen) atoms. The molecule has 9 heteroatoms. The van der Waals surface area contributed by atoms with Crippen LogP contribution in [0.5, 0.6) is 0 Å². The van der Waals surface area contributed by atoms with Crippen molar-refractivity contribution < 1.29 is 14.5 Å². The molecule has 0 aromatic heterocycles. The van der Waals surface area contributed by atoms with E-state index in [1.807, 2.05) is 0 Å². The number of fused-ring (bicyclic) bond motifs is 1. The molecule has 0 spiro atoms. The molecule has 1 fully saturated rings. The van der Waals surface area contributed by atoms with E-state index in [0.29, 0.717) is 0 Å². The van der Waals surface area contributed by atoms with Gasteiger partial charge in [-0.25, -0.2) is 9.69 Å². The third-order valence-corrected chi connectivity index (χ3v) is 3.00. The molecule has 1 saturated heterocycles. The van der Waals surface area contributed by atoms with E-state index in [-0.39, 0.29) is 0 Å². The zero-order valence-electron chi connectivity index (χ0n) is 9.52. The van der Waals surface area contributed by atoms with Crippen molar-refractivity contribution >= 4 is 17.9 Å². The number of amides is 3. The van der Waals surface area contributed by atoms with Gasteiger partial charge in [0.1, 0.15) is 0 Å². The summed E-state index contributed by atoms with van der Waals surface area (Å²) in [6.45, 7) is 0. The summed E-state index contributed by atoms with van der Waals surface area (Å²) >= 11 is 0. The van der Waals surface area contributed by atoms with Gasteiger partial charge in [0.25, 0.3) is 5.91 Å². The van der Waals surface area contributed by atoms with Gasteiger partial charge >= 0.3 is 12.0 Å². The number of hydrogen-bond acceptors (Lipinski definition) is 6. The second-order valence-electron chi connectivity index (χ2n) is 3.95. The number of urea groups is 1. The fourth-order valence-corrected chi connectivity index (χ4v) is 2.01. The van der Waals surface area contributed by atoms with E-state index < -0.39 is 35.0 Å². The van der Waals surface area contributed by atoms with Crippen LogP contribution in [0.25, 0.3) is 0 Å². The number of aliphatic imine (C=N–C) groups is 1. The molecule has 0 radical (unpaired) electrons. The predicted octanol–water partition coefficient (Wildman–Crippen LogP) is -1.22. The Morgan fingerprint density at radius 2 is 1.82 bits per heavy atom. The number of rotatable bonds is 0. The maximum atomic E-state index is 11.9. The van der Waals surface area contributed by atoms with E-state index >= 15 is 0 Å². The Hall–Kier alpha value is -2.19. The van der Waals surface area contributed by atoms with Crippen LogP contribution in [0.15, 0.2) is 4.99 Å².